The van der Waals surface area contributed by atoms with Gasteiger partial charge in [-0.25, -0.2) is 9.18 Å². The van der Waals surface area contributed by atoms with Crippen LogP contribution in [0.4, 0.5) is 9.18 Å². The molecule has 1 aromatic heterocycles. The first-order valence-electron chi connectivity index (χ1n) is 8.28. The molecular weight excluding hydrogens is 327 g/mol. The molecule has 1 N–H and O–H groups in total. The van der Waals surface area contributed by atoms with E-state index in [1.165, 1.54) is 12.1 Å². The molecule has 1 atom stereocenters. The van der Waals surface area contributed by atoms with Crippen LogP contribution in [0.1, 0.15) is 24.7 Å². The third-order valence-corrected chi connectivity index (χ3v) is 4.16. The molecule has 3 rings (SSSR count). The molecule has 0 unspecified atom stereocenters. The van der Waals surface area contributed by atoms with Gasteiger partial charge in [-0.2, -0.15) is 4.98 Å². The van der Waals surface area contributed by atoms with Crippen molar-refractivity contribution in [3.8, 4) is 11.4 Å². The van der Waals surface area contributed by atoms with Crippen LogP contribution in [0, 0.1) is 5.82 Å². The SMILES string of the molecule is COCCNC(=O)N1CCC[C@@H](c2nc(-c3cccc(F)c3)no2)C1. The summed E-state index contributed by atoms with van der Waals surface area (Å²) in [7, 11) is 1.59. The summed E-state index contributed by atoms with van der Waals surface area (Å²) in [4.78, 5) is 18.3. The summed E-state index contributed by atoms with van der Waals surface area (Å²) in [6, 6.07) is 5.95. The van der Waals surface area contributed by atoms with Gasteiger partial charge in [-0.1, -0.05) is 17.3 Å². The molecule has 134 valence electrons. The highest BCUT2D eigenvalue weighted by molar-refractivity contribution is 5.74. The summed E-state index contributed by atoms with van der Waals surface area (Å²) >= 11 is 0. The summed E-state index contributed by atoms with van der Waals surface area (Å²) in [5.41, 5.74) is 0.569. The third kappa shape index (κ3) is 4.33. The van der Waals surface area contributed by atoms with Gasteiger partial charge >= 0.3 is 6.03 Å². The van der Waals surface area contributed by atoms with Crippen LogP contribution in [0.25, 0.3) is 11.4 Å². The number of carbonyl (C=O) groups excluding carboxylic acids is 1. The van der Waals surface area contributed by atoms with E-state index in [1.54, 1.807) is 24.1 Å². The molecule has 1 saturated heterocycles. The maximum atomic E-state index is 13.3. The van der Waals surface area contributed by atoms with Gasteiger partial charge < -0.3 is 19.5 Å². The summed E-state index contributed by atoms with van der Waals surface area (Å²) in [6.07, 6.45) is 1.73. The number of aromatic nitrogens is 2. The van der Waals surface area contributed by atoms with E-state index in [9.17, 15) is 9.18 Å². The molecule has 1 aliphatic rings. The van der Waals surface area contributed by atoms with Crippen LogP contribution in [0.3, 0.4) is 0 Å². The monoisotopic (exact) mass is 348 g/mol. The van der Waals surface area contributed by atoms with Crippen molar-refractivity contribution in [3.05, 3.63) is 36.0 Å². The van der Waals surface area contributed by atoms with Gasteiger partial charge in [0.2, 0.25) is 11.7 Å². The van der Waals surface area contributed by atoms with Gasteiger partial charge in [-0.3, -0.25) is 0 Å². The number of amides is 2. The molecule has 8 heteroatoms. The standard InChI is InChI=1S/C17H21FN4O3/c1-24-9-7-19-17(23)22-8-3-5-13(11-22)16-20-15(21-25-16)12-4-2-6-14(18)10-12/h2,4,6,10,13H,3,5,7-9,11H2,1H3,(H,19,23)/t13-/m1/s1. The predicted molar refractivity (Wildman–Crippen MR) is 88.5 cm³/mol. The van der Waals surface area contributed by atoms with Gasteiger partial charge in [0.25, 0.3) is 0 Å². The maximum absolute atomic E-state index is 13.3. The lowest BCUT2D eigenvalue weighted by Crippen LogP contribution is -2.45. The number of hydrogen-bond acceptors (Lipinski definition) is 5. The highest BCUT2D eigenvalue weighted by atomic mass is 19.1. The quantitative estimate of drug-likeness (QED) is 0.839. The summed E-state index contributed by atoms with van der Waals surface area (Å²) in [5, 5.41) is 6.76. The molecular formula is C17H21FN4O3. The number of urea groups is 1. The minimum Gasteiger partial charge on any atom is -0.383 e. The first kappa shape index (κ1) is 17.3. The van der Waals surface area contributed by atoms with Gasteiger partial charge in [0.05, 0.1) is 12.5 Å². The van der Waals surface area contributed by atoms with E-state index in [0.717, 1.165) is 12.8 Å². The number of hydrogen-bond donors (Lipinski definition) is 1. The Morgan fingerprint density at radius 2 is 2.40 bits per heavy atom. The van der Waals surface area contributed by atoms with E-state index >= 15 is 0 Å². The largest absolute Gasteiger partial charge is 0.383 e. The average Bonchev–Trinajstić information content (AvgIpc) is 3.12. The van der Waals surface area contributed by atoms with Crippen LogP contribution in [0.5, 0.6) is 0 Å². The van der Waals surface area contributed by atoms with Gasteiger partial charge in [-0.15, -0.1) is 0 Å². The molecule has 0 spiro atoms. The van der Waals surface area contributed by atoms with Gasteiger partial charge in [0.15, 0.2) is 0 Å². The van der Waals surface area contributed by atoms with Crippen molar-refractivity contribution >= 4 is 6.03 Å². The molecule has 25 heavy (non-hydrogen) atoms. The number of nitrogens with zero attached hydrogens (tertiary/aromatic N) is 3. The highest BCUT2D eigenvalue weighted by Crippen LogP contribution is 2.27. The van der Waals surface area contributed by atoms with Crippen LogP contribution in [0.15, 0.2) is 28.8 Å². The van der Waals surface area contributed by atoms with Crippen molar-refractivity contribution < 1.29 is 18.4 Å². The Morgan fingerprint density at radius 3 is 3.20 bits per heavy atom. The van der Waals surface area contributed by atoms with Gasteiger partial charge in [-0.05, 0) is 25.0 Å². The van der Waals surface area contributed by atoms with E-state index < -0.39 is 0 Å². The molecule has 2 aromatic rings. The molecule has 0 aliphatic carbocycles. The normalized spacial score (nSPS) is 17.5. The minimum absolute atomic E-state index is 0.0169. The lowest BCUT2D eigenvalue weighted by molar-refractivity contribution is 0.163. The summed E-state index contributed by atoms with van der Waals surface area (Å²) in [5.74, 6) is 0.474. The fourth-order valence-corrected chi connectivity index (χ4v) is 2.88. The number of halogens is 1. The lowest BCUT2D eigenvalue weighted by Gasteiger charge is -2.31. The zero-order valence-electron chi connectivity index (χ0n) is 14.1. The van der Waals surface area contributed by atoms with Crippen molar-refractivity contribution in [3.63, 3.8) is 0 Å². The Kier molecular flexibility index (Phi) is 5.60. The second kappa shape index (κ2) is 8.06. The van der Waals surface area contributed by atoms with Crippen molar-refractivity contribution in [1.29, 1.82) is 0 Å². The van der Waals surface area contributed by atoms with Crippen LogP contribution in [-0.4, -0.2) is 54.4 Å². The number of rotatable bonds is 5. The Labute approximate surface area is 145 Å². The smallest absolute Gasteiger partial charge is 0.317 e. The second-order valence-corrected chi connectivity index (χ2v) is 5.98. The van der Waals surface area contributed by atoms with E-state index in [1.807, 2.05) is 0 Å². The van der Waals surface area contributed by atoms with E-state index in [-0.39, 0.29) is 17.8 Å². The average molecular weight is 348 g/mol. The van der Waals surface area contributed by atoms with Crippen LogP contribution < -0.4 is 5.32 Å². The summed E-state index contributed by atoms with van der Waals surface area (Å²) < 4.78 is 23.6. The molecule has 1 fully saturated rings. The highest BCUT2D eigenvalue weighted by Gasteiger charge is 2.28. The Bertz CT molecular complexity index is 721. The molecule has 2 heterocycles. The molecule has 0 bridgehead atoms. The van der Waals surface area contributed by atoms with E-state index in [4.69, 9.17) is 9.26 Å². The van der Waals surface area contributed by atoms with Crippen molar-refractivity contribution in [2.24, 2.45) is 0 Å². The minimum atomic E-state index is -0.347. The fraction of sp³-hybridized carbons (Fsp3) is 0.471. The number of benzene rings is 1. The summed E-state index contributed by atoms with van der Waals surface area (Å²) in [6.45, 7) is 2.16. The van der Waals surface area contributed by atoms with Crippen LogP contribution in [-0.2, 0) is 4.74 Å². The molecule has 7 nitrogen and oxygen atoms in total. The number of piperidine rings is 1. The Balaban J connectivity index is 1.65. The Hall–Kier alpha value is -2.48. The Morgan fingerprint density at radius 1 is 1.52 bits per heavy atom. The van der Waals surface area contributed by atoms with Crippen LogP contribution >= 0.6 is 0 Å². The van der Waals surface area contributed by atoms with E-state index in [2.05, 4.69) is 15.5 Å². The maximum Gasteiger partial charge on any atom is 0.317 e. The molecule has 2 amide bonds. The second-order valence-electron chi connectivity index (χ2n) is 5.98. The predicted octanol–water partition coefficient (Wildman–Crippen LogP) is 2.41. The van der Waals surface area contributed by atoms with Crippen molar-refractivity contribution in [2.45, 2.75) is 18.8 Å². The van der Waals surface area contributed by atoms with Crippen molar-refractivity contribution in [2.75, 3.05) is 33.4 Å². The molecule has 0 radical (unpaired) electrons. The third-order valence-electron chi connectivity index (χ3n) is 4.16. The van der Waals surface area contributed by atoms with Gasteiger partial charge in [0.1, 0.15) is 5.82 Å². The number of carbonyl (C=O) groups is 1. The molecule has 0 saturated carbocycles. The van der Waals surface area contributed by atoms with Crippen LogP contribution in [0.2, 0.25) is 0 Å². The first-order valence-corrected chi connectivity index (χ1v) is 8.28. The zero-order valence-corrected chi connectivity index (χ0v) is 14.1. The first-order chi connectivity index (χ1) is 12.2. The zero-order chi connectivity index (χ0) is 17.6. The molecule has 1 aliphatic heterocycles. The number of likely N-dealkylation sites (tertiary alicyclic amines) is 1. The molecule has 1 aromatic carbocycles. The number of ether oxygens (including phenoxy) is 1. The van der Waals surface area contributed by atoms with Gasteiger partial charge in [0, 0.05) is 32.3 Å². The number of methoxy groups -OCH3 is 1. The van der Waals surface area contributed by atoms with E-state index in [0.29, 0.717) is 43.5 Å². The number of nitrogens with one attached hydrogen (secondary N) is 1. The van der Waals surface area contributed by atoms with Crippen molar-refractivity contribution in [1.82, 2.24) is 20.4 Å². The lowest BCUT2D eigenvalue weighted by atomic mass is 9.98. The fourth-order valence-electron chi connectivity index (χ4n) is 2.88. The topological polar surface area (TPSA) is 80.5 Å².